The molecule has 0 aromatic heterocycles. The molecule has 0 atom stereocenters. The van der Waals surface area contributed by atoms with E-state index in [0.717, 1.165) is 18.9 Å². The molecule has 25 heavy (non-hydrogen) atoms. The zero-order chi connectivity index (χ0) is 16.7. The van der Waals surface area contributed by atoms with Crippen molar-refractivity contribution in [2.24, 2.45) is 5.73 Å². The molecule has 1 saturated carbocycles. The van der Waals surface area contributed by atoms with Crippen molar-refractivity contribution >= 4 is 30.7 Å². The summed E-state index contributed by atoms with van der Waals surface area (Å²) >= 11 is 0. The molecule has 142 valence electrons. The van der Waals surface area contributed by atoms with Gasteiger partial charge < -0.3 is 10.6 Å². The Morgan fingerprint density at radius 2 is 1.72 bits per heavy atom. The van der Waals surface area contributed by atoms with Gasteiger partial charge in [-0.25, -0.2) is 0 Å². The molecule has 1 aliphatic carbocycles. The molecule has 1 heterocycles. The molecule has 0 spiro atoms. The predicted octanol–water partition coefficient (Wildman–Crippen LogP) is 2.68. The second-order valence-electron chi connectivity index (χ2n) is 6.42. The van der Waals surface area contributed by atoms with E-state index in [1.165, 1.54) is 12.1 Å². The Hall–Kier alpha value is -1.02. The van der Waals surface area contributed by atoms with E-state index in [9.17, 15) is 18.0 Å². The van der Waals surface area contributed by atoms with E-state index in [2.05, 4.69) is 4.90 Å². The minimum absolute atomic E-state index is 0. The van der Waals surface area contributed by atoms with Crippen molar-refractivity contribution in [1.29, 1.82) is 0 Å². The van der Waals surface area contributed by atoms with Gasteiger partial charge in [0.25, 0.3) is 0 Å². The normalized spacial score (nSPS) is 19.6. The zero-order valence-electron chi connectivity index (χ0n) is 13.6. The van der Waals surface area contributed by atoms with Gasteiger partial charge in [-0.1, -0.05) is 18.2 Å². The Morgan fingerprint density at radius 3 is 2.24 bits per heavy atom. The van der Waals surface area contributed by atoms with Crippen LogP contribution in [0.25, 0.3) is 0 Å². The lowest BCUT2D eigenvalue weighted by molar-refractivity contribution is -0.138. The van der Waals surface area contributed by atoms with Gasteiger partial charge in [-0.15, -0.1) is 24.8 Å². The van der Waals surface area contributed by atoms with Crippen LogP contribution < -0.4 is 5.73 Å². The van der Waals surface area contributed by atoms with Crippen LogP contribution >= 0.6 is 24.8 Å². The molecule has 0 unspecified atom stereocenters. The summed E-state index contributed by atoms with van der Waals surface area (Å²) < 4.78 is 38.2. The average Bonchev–Trinajstić information content (AvgIpc) is 3.26. The third-order valence-electron chi connectivity index (χ3n) is 4.53. The fourth-order valence-corrected chi connectivity index (χ4v) is 2.88. The van der Waals surface area contributed by atoms with Crippen LogP contribution in [-0.4, -0.2) is 47.4 Å². The molecule has 2 aliphatic rings. The van der Waals surface area contributed by atoms with Crippen molar-refractivity contribution in [3.05, 3.63) is 35.4 Å². The van der Waals surface area contributed by atoms with Crippen molar-refractivity contribution in [3.63, 3.8) is 0 Å². The average molecular weight is 400 g/mol. The van der Waals surface area contributed by atoms with Crippen molar-refractivity contribution in [1.82, 2.24) is 9.80 Å². The summed E-state index contributed by atoms with van der Waals surface area (Å²) in [5, 5.41) is 0. The van der Waals surface area contributed by atoms with Crippen LogP contribution in [0.3, 0.4) is 0 Å². The number of piperazine rings is 1. The Morgan fingerprint density at radius 1 is 1.12 bits per heavy atom. The maximum absolute atomic E-state index is 12.7. The second-order valence-corrected chi connectivity index (χ2v) is 6.42. The molecule has 1 aromatic carbocycles. The largest absolute Gasteiger partial charge is 0.416 e. The third-order valence-corrected chi connectivity index (χ3v) is 4.53. The molecule has 1 saturated heterocycles. The van der Waals surface area contributed by atoms with Gasteiger partial charge in [0, 0.05) is 32.7 Å². The van der Waals surface area contributed by atoms with Gasteiger partial charge in [0.15, 0.2) is 0 Å². The molecular formula is C16H22Cl2F3N3O. The van der Waals surface area contributed by atoms with Gasteiger partial charge in [-0.05, 0) is 24.5 Å². The van der Waals surface area contributed by atoms with Gasteiger partial charge >= 0.3 is 6.18 Å². The molecule has 1 amide bonds. The monoisotopic (exact) mass is 399 g/mol. The van der Waals surface area contributed by atoms with Gasteiger partial charge in [0.05, 0.1) is 11.1 Å². The number of carbonyl (C=O) groups excluding carboxylic acids is 1. The quantitative estimate of drug-likeness (QED) is 0.849. The fourth-order valence-electron chi connectivity index (χ4n) is 2.88. The molecule has 2 N–H and O–H groups in total. The molecule has 0 bridgehead atoms. The number of nitrogens with zero attached hydrogens (tertiary/aromatic N) is 2. The molecule has 4 nitrogen and oxygen atoms in total. The highest BCUT2D eigenvalue weighted by atomic mass is 35.5. The molecule has 3 rings (SSSR count). The van der Waals surface area contributed by atoms with Crippen LogP contribution in [0.4, 0.5) is 13.2 Å². The van der Waals surface area contributed by atoms with E-state index in [1.807, 2.05) is 0 Å². The van der Waals surface area contributed by atoms with E-state index in [-0.39, 0.29) is 30.7 Å². The van der Waals surface area contributed by atoms with Gasteiger partial charge in [-0.3, -0.25) is 9.69 Å². The number of alkyl halides is 3. The lowest BCUT2D eigenvalue weighted by Gasteiger charge is -2.36. The summed E-state index contributed by atoms with van der Waals surface area (Å²) in [5.74, 6) is 0.0104. The number of hydrogen-bond donors (Lipinski definition) is 1. The molecule has 9 heteroatoms. The smallest absolute Gasteiger partial charge is 0.339 e. The summed E-state index contributed by atoms with van der Waals surface area (Å²) in [7, 11) is 0. The lowest BCUT2D eigenvalue weighted by atomic mass is 10.1. The summed E-state index contributed by atoms with van der Waals surface area (Å²) in [6.07, 6.45) is -2.83. The highest BCUT2D eigenvalue weighted by Gasteiger charge is 2.48. The van der Waals surface area contributed by atoms with Crippen molar-refractivity contribution in [3.8, 4) is 0 Å². The number of carbonyl (C=O) groups is 1. The predicted molar refractivity (Wildman–Crippen MR) is 93.9 cm³/mol. The Kier molecular flexibility index (Phi) is 7.15. The maximum atomic E-state index is 12.7. The standard InChI is InChI=1S/C16H20F3N3O.2ClH/c17-16(18,19)13-3-1-2-12(10-13)11-21-6-8-22(9-7-21)14(23)15(20)4-5-15;;/h1-3,10H,4-9,11,20H2;2*1H. The van der Waals surface area contributed by atoms with Crippen molar-refractivity contribution in [2.75, 3.05) is 26.2 Å². The molecule has 1 aliphatic heterocycles. The van der Waals surface area contributed by atoms with Crippen LogP contribution in [0, 0.1) is 0 Å². The molecule has 0 radical (unpaired) electrons. The number of rotatable bonds is 3. The van der Waals surface area contributed by atoms with Crippen LogP contribution in [0.1, 0.15) is 24.0 Å². The second kappa shape index (κ2) is 8.12. The first-order valence-electron chi connectivity index (χ1n) is 7.75. The summed E-state index contributed by atoms with van der Waals surface area (Å²) in [6.45, 7) is 2.92. The maximum Gasteiger partial charge on any atom is 0.416 e. The Bertz CT molecular complexity index is 601. The van der Waals surface area contributed by atoms with Crippen LogP contribution in [0.15, 0.2) is 24.3 Å². The highest BCUT2D eigenvalue weighted by Crippen LogP contribution is 2.34. The first-order valence-corrected chi connectivity index (χ1v) is 7.75. The SMILES string of the molecule is Cl.Cl.NC1(C(=O)N2CCN(Cc3cccc(C(F)(F)F)c3)CC2)CC1. The minimum atomic E-state index is -4.32. The van der Waals surface area contributed by atoms with E-state index >= 15 is 0 Å². The Balaban J connectivity index is 0.00000156. The third kappa shape index (κ3) is 5.23. The number of hydrogen-bond acceptors (Lipinski definition) is 3. The fraction of sp³-hybridized carbons (Fsp3) is 0.562. The van der Waals surface area contributed by atoms with Gasteiger partial charge in [-0.2, -0.15) is 13.2 Å². The van der Waals surface area contributed by atoms with Crippen molar-refractivity contribution < 1.29 is 18.0 Å². The van der Waals surface area contributed by atoms with Gasteiger partial charge in [0.2, 0.25) is 5.91 Å². The first-order chi connectivity index (χ1) is 10.8. The van der Waals surface area contributed by atoms with E-state index in [0.29, 0.717) is 38.3 Å². The minimum Gasteiger partial charge on any atom is -0.339 e. The van der Waals surface area contributed by atoms with Crippen LogP contribution in [0.2, 0.25) is 0 Å². The zero-order valence-corrected chi connectivity index (χ0v) is 15.2. The topological polar surface area (TPSA) is 49.6 Å². The van der Waals surface area contributed by atoms with E-state index < -0.39 is 17.3 Å². The lowest BCUT2D eigenvalue weighted by Crippen LogP contribution is -2.53. The number of amides is 1. The van der Waals surface area contributed by atoms with Crippen molar-refractivity contribution in [2.45, 2.75) is 31.1 Å². The summed E-state index contributed by atoms with van der Waals surface area (Å²) in [6, 6.07) is 5.40. The van der Waals surface area contributed by atoms with E-state index in [4.69, 9.17) is 5.73 Å². The molecule has 2 fully saturated rings. The number of nitrogens with two attached hydrogens (primary N) is 1. The molecular weight excluding hydrogens is 378 g/mol. The summed E-state index contributed by atoms with van der Waals surface area (Å²) in [5.41, 5.74) is 5.29. The van der Waals surface area contributed by atoms with E-state index in [1.54, 1.807) is 11.0 Å². The van der Waals surface area contributed by atoms with Crippen LogP contribution in [-0.2, 0) is 17.5 Å². The number of benzene rings is 1. The summed E-state index contributed by atoms with van der Waals surface area (Å²) in [4.78, 5) is 16.0. The van der Waals surface area contributed by atoms with Gasteiger partial charge in [0.1, 0.15) is 0 Å². The van der Waals surface area contributed by atoms with Crippen LogP contribution in [0.5, 0.6) is 0 Å². The highest BCUT2D eigenvalue weighted by molar-refractivity contribution is 5.89. The molecule has 1 aromatic rings. The first kappa shape index (κ1) is 22.0. The Labute approximate surface area is 157 Å². The number of halogens is 5.